The van der Waals surface area contributed by atoms with Crippen molar-refractivity contribution in [2.45, 2.75) is 44.7 Å². The lowest BCUT2D eigenvalue weighted by atomic mass is 9.87. The molecule has 102 valence electrons. The van der Waals surface area contributed by atoms with E-state index in [-0.39, 0.29) is 11.9 Å². The molecular formula is C14H18FNO2Si. The first-order chi connectivity index (χ1) is 8.76. The SMILES string of the molecule is CC1CC(C#N)(O[Si](C)(C)C)c2cc(F)ccc2O1. The average molecular weight is 279 g/mol. The zero-order valence-corrected chi connectivity index (χ0v) is 12.7. The van der Waals surface area contributed by atoms with Crippen LogP contribution in [-0.4, -0.2) is 14.4 Å². The molecule has 1 aromatic rings. The Morgan fingerprint density at radius 3 is 2.74 bits per heavy atom. The highest BCUT2D eigenvalue weighted by atomic mass is 28.4. The predicted octanol–water partition coefficient (Wildman–Crippen LogP) is 3.57. The molecule has 0 saturated carbocycles. The highest BCUT2D eigenvalue weighted by Gasteiger charge is 2.45. The number of nitrogens with zero attached hydrogens (tertiary/aromatic N) is 1. The van der Waals surface area contributed by atoms with Gasteiger partial charge in [-0.25, -0.2) is 4.39 Å². The van der Waals surface area contributed by atoms with Gasteiger partial charge in [0.15, 0.2) is 13.9 Å². The molecule has 0 spiro atoms. The van der Waals surface area contributed by atoms with E-state index in [0.717, 1.165) is 0 Å². The van der Waals surface area contributed by atoms with Gasteiger partial charge in [-0.1, -0.05) is 0 Å². The third-order valence-corrected chi connectivity index (χ3v) is 3.90. The molecule has 0 saturated heterocycles. The highest BCUT2D eigenvalue weighted by molar-refractivity contribution is 6.69. The first-order valence-electron chi connectivity index (χ1n) is 6.34. The van der Waals surface area contributed by atoms with Crippen LogP contribution in [0.5, 0.6) is 5.75 Å². The number of fused-ring (bicyclic) bond motifs is 1. The number of rotatable bonds is 2. The van der Waals surface area contributed by atoms with Crippen LogP contribution in [0.1, 0.15) is 18.9 Å². The molecule has 0 fully saturated rings. The van der Waals surface area contributed by atoms with Crippen molar-refractivity contribution in [3.05, 3.63) is 29.6 Å². The molecule has 1 aliphatic rings. The van der Waals surface area contributed by atoms with E-state index in [9.17, 15) is 9.65 Å². The smallest absolute Gasteiger partial charge is 0.186 e. The van der Waals surface area contributed by atoms with Crippen LogP contribution in [0.25, 0.3) is 0 Å². The summed E-state index contributed by atoms with van der Waals surface area (Å²) in [5.74, 6) is 0.163. The Hall–Kier alpha value is -1.38. The van der Waals surface area contributed by atoms with E-state index in [2.05, 4.69) is 6.07 Å². The van der Waals surface area contributed by atoms with Crippen LogP contribution >= 0.6 is 0 Å². The maximum absolute atomic E-state index is 13.5. The summed E-state index contributed by atoms with van der Waals surface area (Å²) in [5, 5.41) is 9.63. The lowest BCUT2D eigenvalue weighted by Crippen LogP contribution is -2.45. The Bertz CT molecular complexity index is 535. The molecule has 5 heteroatoms. The number of hydrogen-bond donors (Lipinski definition) is 0. The number of nitriles is 1. The Morgan fingerprint density at radius 2 is 2.16 bits per heavy atom. The molecule has 0 radical (unpaired) electrons. The van der Waals surface area contributed by atoms with Crippen LogP contribution in [0.4, 0.5) is 4.39 Å². The second-order valence-electron chi connectivity index (χ2n) is 5.93. The topological polar surface area (TPSA) is 42.2 Å². The largest absolute Gasteiger partial charge is 0.490 e. The number of ether oxygens (including phenoxy) is 1. The predicted molar refractivity (Wildman–Crippen MR) is 72.8 cm³/mol. The third kappa shape index (κ3) is 2.80. The molecular weight excluding hydrogens is 261 g/mol. The van der Waals surface area contributed by atoms with Gasteiger partial charge in [-0.2, -0.15) is 5.26 Å². The maximum Gasteiger partial charge on any atom is 0.186 e. The molecule has 2 unspecified atom stereocenters. The summed E-state index contributed by atoms with van der Waals surface area (Å²) in [4.78, 5) is 0. The minimum Gasteiger partial charge on any atom is -0.490 e. The van der Waals surface area contributed by atoms with Crippen LogP contribution in [0.15, 0.2) is 18.2 Å². The zero-order valence-electron chi connectivity index (χ0n) is 11.7. The summed E-state index contributed by atoms with van der Waals surface area (Å²) in [6.07, 6.45) is 0.290. The average Bonchev–Trinajstić information content (AvgIpc) is 2.28. The lowest BCUT2D eigenvalue weighted by Gasteiger charge is -2.40. The van der Waals surface area contributed by atoms with Gasteiger partial charge in [0.1, 0.15) is 23.7 Å². The van der Waals surface area contributed by atoms with Crippen molar-refractivity contribution in [2.75, 3.05) is 0 Å². The molecule has 0 aliphatic carbocycles. The molecule has 0 aromatic heterocycles. The minimum atomic E-state index is -1.95. The fraction of sp³-hybridized carbons (Fsp3) is 0.500. The number of hydrogen-bond acceptors (Lipinski definition) is 3. The Kier molecular flexibility index (Phi) is 3.41. The van der Waals surface area contributed by atoms with Crippen LogP contribution in [0.2, 0.25) is 19.6 Å². The maximum atomic E-state index is 13.5. The first-order valence-corrected chi connectivity index (χ1v) is 9.75. The van der Waals surface area contributed by atoms with Crippen molar-refractivity contribution in [3.63, 3.8) is 0 Å². The third-order valence-electron chi connectivity index (χ3n) is 2.94. The number of halogens is 1. The van der Waals surface area contributed by atoms with Gasteiger partial charge < -0.3 is 9.16 Å². The summed E-state index contributed by atoms with van der Waals surface area (Å²) in [6, 6.07) is 6.52. The van der Waals surface area contributed by atoms with Crippen molar-refractivity contribution in [1.82, 2.24) is 0 Å². The fourth-order valence-electron chi connectivity index (χ4n) is 2.44. The van der Waals surface area contributed by atoms with E-state index in [1.54, 1.807) is 6.07 Å². The van der Waals surface area contributed by atoms with Crippen LogP contribution in [0, 0.1) is 17.1 Å². The summed E-state index contributed by atoms with van der Waals surface area (Å²) in [7, 11) is -1.95. The van der Waals surface area contributed by atoms with E-state index in [1.165, 1.54) is 12.1 Å². The summed E-state index contributed by atoms with van der Waals surface area (Å²) in [5.41, 5.74) is -0.588. The molecule has 3 nitrogen and oxygen atoms in total. The molecule has 19 heavy (non-hydrogen) atoms. The van der Waals surface area contributed by atoms with Gasteiger partial charge in [-0.05, 0) is 44.8 Å². The molecule has 0 N–H and O–H groups in total. The van der Waals surface area contributed by atoms with Crippen molar-refractivity contribution < 1.29 is 13.6 Å². The minimum absolute atomic E-state index is 0.131. The molecule has 0 amide bonds. The summed E-state index contributed by atoms with van der Waals surface area (Å²) < 4.78 is 25.3. The molecule has 1 heterocycles. The first kappa shape index (κ1) is 14.0. The van der Waals surface area contributed by atoms with Gasteiger partial charge >= 0.3 is 0 Å². The molecule has 0 bridgehead atoms. The summed E-state index contributed by atoms with van der Waals surface area (Å²) in [6.45, 7) is 7.95. The van der Waals surface area contributed by atoms with E-state index < -0.39 is 13.9 Å². The molecule has 1 aromatic carbocycles. The second kappa shape index (κ2) is 4.62. The van der Waals surface area contributed by atoms with Gasteiger partial charge in [0.05, 0.1) is 0 Å². The van der Waals surface area contributed by atoms with Crippen LogP contribution < -0.4 is 4.74 Å². The van der Waals surface area contributed by atoms with Crippen LogP contribution in [-0.2, 0) is 10.0 Å². The quantitative estimate of drug-likeness (QED) is 0.777. The van der Waals surface area contributed by atoms with Gasteiger partial charge in [0.25, 0.3) is 0 Å². The van der Waals surface area contributed by atoms with Crippen molar-refractivity contribution >= 4 is 8.32 Å². The Balaban J connectivity index is 2.56. The van der Waals surface area contributed by atoms with E-state index in [0.29, 0.717) is 17.7 Å². The Morgan fingerprint density at radius 1 is 1.47 bits per heavy atom. The lowest BCUT2D eigenvalue weighted by molar-refractivity contribution is 0.0338. The molecule has 2 rings (SSSR count). The molecule has 1 aliphatic heterocycles. The fourth-order valence-corrected chi connectivity index (χ4v) is 3.73. The van der Waals surface area contributed by atoms with Crippen LogP contribution in [0.3, 0.4) is 0 Å². The number of benzene rings is 1. The van der Waals surface area contributed by atoms with Gasteiger partial charge in [-0.15, -0.1) is 0 Å². The van der Waals surface area contributed by atoms with Gasteiger partial charge in [0.2, 0.25) is 0 Å². The Labute approximate surface area is 114 Å². The molecule has 2 atom stereocenters. The van der Waals surface area contributed by atoms with Crippen molar-refractivity contribution in [3.8, 4) is 11.8 Å². The monoisotopic (exact) mass is 279 g/mol. The van der Waals surface area contributed by atoms with E-state index in [1.807, 2.05) is 26.6 Å². The standard InChI is InChI=1S/C14H18FNO2Si/c1-10-8-14(9-16,18-19(2,3)4)12-7-11(15)5-6-13(12)17-10/h5-7,10H,8H2,1-4H3. The summed E-state index contributed by atoms with van der Waals surface area (Å²) >= 11 is 0. The van der Waals surface area contributed by atoms with E-state index >= 15 is 0 Å². The van der Waals surface area contributed by atoms with Gasteiger partial charge in [-0.3, -0.25) is 0 Å². The van der Waals surface area contributed by atoms with Crippen molar-refractivity contribution in [1.29, 1.82) is 5.26 Å². The van der Waals surface area contributed by atoms with E-state index in [4.69, 9.17) is 9.16 Å². The van der Waals surface area contributed by atoms with Gasteiger partial charge in [0, 0.05) is 12.0 Å². The normalized spacial score (nSPS) is 26.2. The highest BCUT2D eigenvalue weighted by Crippen LogP contribution is 2.43. The second-order valence-corrected chi connectivity index (χ2v) is 10.4. The zero-order chi connectivity index (χ0) is 14.3. The van der Waals surface area contributed by atoms with Crippen molar-refractivity contribution in [2.24, 2.45) is 0 Å².